The van der Waals surface area contributed by atoms with Crippen LogP contribution in [0.4, 0.5) is 5.69 Å². The van der Waals surface area contributed by atoms with Gasteiger partial charge in [-0.3, -0.25) is 10.1 Å². The molecule has 4 nitrogen and oxygen atoms in total. The van der Waals surface area contributed by atoms with E-state index >= 15 is 0 Å². The Labute approximate surface area is 116 Å². The molecule has 2 atom stereocenters. The van der Waals surface area contributed by atoms with Crippen LogP contribution in [0.1, 0.15) is 23.5 Å². The van der Waals surface area contributed by atoms with Crippen LogP contribution in [0.5, 0.6) is 0 Å². The smallest absolute Gasteiger partial charge is 0.258 e. The zero-order valence-corrected chi connectivity index (χ0v) is 10.7. The van der Waals surface area contributed by atoms with Gasteiger partial charge in [-0.05, 0) is 17.5 Å². The van der Waals surface area contributed by atoms with Crippen molar-refractivity contribution in [1.82, 2.24) is 0 Å². The zero-order valence-electron chi connectivity index (χ0n) is 10.7. The predicted molar refractivity (Wildman–Crippen MR) is 74.2 cm³/mol. The van der Waals surface area contributed by atoms with Crippen molar-refractivity contribution >= 4 is 5.69 Å². The molecule has 0 aromatic heterocycles. The van der Waals surface area contributed by atoms with Crippen molar-refractivity contribution in [1.29, 1.82) is 5.26 Å². The Morgan fingerprint density at radius 1 is 1.15 bits per heavy atom. The number of hydrogen-bond acceptors (Lipinski definition) is 3. The van der Waals surface area contributed by atoms with Crippen molar-refractivity contribution in [2.24, 2.45) is 0 Å². The van der Waals surface area contributed by atoms with Crippen molar-refractivity contribution in [3.8, 4) is 6.07 Å². The van der Waals surface area contributed by atoms with Gasteiger partial charge < -0.3 is 0 Å². The van der Waals surface area contributed by atoms with Gasteiger partial charge in [-0.15, -0.1) is 0 Å². The lowest BCUT2D eigenvalue weighted by atomic mass is 9.92. The van der Waals surface area contributed by atoms with Gasteiger partial charge in [0, 0.05) is 18.1 Å². The lowest BCUT2D eigenvalue weighted by molar-refractivity contribution is -0.384. The van der Waals surface area contributed by atoms with E-state index in [1.807, 2.05) is 30.3 Å². The number of nitro benzene ring substituents is 1. The number of non-ortho nitro benzene ring substituents is 1. The maximum atomic E-state index is 10.7. The van der Waals surface area contributed by atoms with Crippen LogP contribution in [0.3, 0.4) is 0 Å². The van der Waals surface area contributed by atoms with Crippen LogP contribution in [-0.2, 0) is 5.41 Å². The lowest BCUT2D eigenvalue weighted by Crippen LogP contribution is -2.06. The predicted octanol–water partition coefficient (Wildman–Crippen LogP) is 3.54. The van der Waals surface area contributed by atoms with Crippen LogP contribution in [0, 0.1) is 21.4 Å². The average Bonchev–Trinajstić information content (AvgIpc) is 3.24. The summed E-state index contributed by atoms with van der Waals surface area (Å²) in [5.41, 5.74) is 1.61. The summed E-state index contributed by atoms with van der Waals surface area (Å²) in [6.45, 7) is 0. The summed E-state index contributed by atoms with van der Waals surface area (Å²) in [5, 5.41) is 20.2. The summed E-state index contributed by atoms with van der Waals surface area (Å²) < 4.78 is 0. The van der Waals surface area contributed by atoms with Gasteiger partial charge >= 0.3 is 0 Å². The third-order valence-electron chi connectivity index (χ3n) is 3.96. The molecule has 98 valence electrons. The fraction of sp³-hybridized carbons (Fsp3) is 0.188. The Bertz CT molecular complexity index is 689. The molecule has 3 rings (SSSR count). The number of hydrogen-bond donors (Lipinski definition) is 0. The molecule has 1 fully saturated rings. The van der Waals surface area contributed by atoms with Gasteiger partial charge in [0.2, 0.25) is 0 Å². The topological polar surface area (TPSA) is 66.9 Å². The maximum absolute atomic E-state index is 10.7. The largest absolute Gasteiger partial charge is 0.269 e. The summed E-state index contributed by atoms with van der Waals surface area (Å²) in [6, 6.07) is 18.7. The van der Waals surface area contributed by atoms with E-state index in [4.69, 9.17) is 0 Å². The fourth-order valence-electron chi connectivity index (χ4n) is 2.74. The number of nitrogens with zero attached hydrogens (tertiary/aromatic N) is 2. The quantitative estimate of drug-likeness (QED) is 0.629. The van der Waals surface area contributed by atoms with Crippen LogP contribution < -0.4 is 0 Å². The highest BCUT2D eigenvalue weighted by molar-refractivity contribution is 5.50. The molecule has 2 aromatic carbocycles. The summed E-state index contributed by atoms with van der Waals surface area (Å²) in [7, 11) is 0. The third kappa shape index (κ3) is 1.84. The molecule has 2 aromatic rings. The van der Waals surface area contributed by atoms with E-state index in [1.54, 1.807) is 12.1 Å². The van der Waals surface area contributed by atoms with Gasteiger partial charge in [-0.1, -0.05) is 42.5 Å². The van der Waals surface area contributed by atoms with Gasteiger partial charge in [0.1, 0.15) is 0 Å². The molecule has 1 aliphatic carbocycles. The minimum Gasteiger partial charge on any atom is -0.258 e. The van der Waals surface area contributed by atoms with E-state index in [0.717, 1.165) is 17.5 Å². The number of benzene rings is 2. The molecule has 0 bridgehead atoms. The van der Waals surface area contributed by atoms with E-state index in [9.17, 15) is 15.4 Å². The Hall–Kier alpha value is -2.67. The van der Waals surface area contributed by atoms with E-state index in [-0.39, 0.29) is 11.6 Å². The minimum atomic E-state index is -0.475. The molecular weight excluding hydrogens is 252 g/mol. The first kappa shape index (κ1) is 12.4. The molecule has 0 unspecified atom stereocenters. The molecular formula is C16H12N2O2. The maximum Gasteiger partial charge on any atom is 0.269 e. The normalized spacial score (nSPS) is 23.9. The van der Waals surface area contributed by atoms with Crippen molar-refractivity contribution in [2.45, 2.75) is 17.8 Å². The summed E-state index contributed by atoms with van der Waals surface area (Å²) in [4.78, 5) is 10.2. The van der Waals surface area contributed by atoms with Gasteiger partial charge in [0.25, 0.3) is 5.69 Å². The van der Waals surface area contributed by atoms with Crippen LogP contribution in [0.25, 0.3) is 0 Å². The molecule has 0 amide bonds. The Morgan fingerprint density at radius 3 is 2.35 bits per heavy atom. The van der Waals surface area contributed by atoms with E-state index in [0.29, 0.717) is 0 Å². The first-order valence-electron chi connectivity index (χ1n) is 6.38. The second kappa shape index (κ2) is 4.46. The molecule has 1 aliphatic rings. The summed E-state index contributed by atoms with van der Waals surface area (Å²) in [5.74, 6) is 0.121. The number of nitriles is 1. The summed E-state index contributed by atoms with van der Waals surface area (Å²) >= 11 is 0. The minimum absolute atomic E-state index is 0.0802. The molecule has 20 heavy (non-hydrogen) atoms. The molecule has 0 aliphatic heterocycles. The van der Waals surface area contributed by atoms with Crippen molar-refractivity contribution in [3.63, 3.8) is 0 Å². The Balaban J connectivity index is 1.91. The fourth-order valence-corrected chi connectivity index (χ4v) is 2.74. The molecule has 0 spiro atoms. The molecule has 0 heterocycles. The summed E-state index contributed by atoms with van der Waals surface area (Å²) in [6.07, 6.45) is 0.769. The van der Waals surface area contributed by atoms with Crippen molar-refractivity contribution < 1.29 is 4.92 Å². The van der Waals surface area contributed by atoms with Gasteiger partial charge in [0.15, 0.2) is 0 Å². The monoisotopic (exact) mass is 264 g/mol. The van der Waals surface area contributed by atoms with Crippen molar-refractivity contribution in [2.75, 3.05) is 0 Å². The Kier molecular flexibility index (Phi) is 2.76. The number of nitro groups is 1. The third-order valence-corrected chi connectivity index (χ3v) is 3.96. The highest BCUT2D eigenvalue weighted by Crippen LogP contribution is 2.60. The highest BCUT2D eigenvalue weighted by Gasteiger charge is 2.56. The van der Waals surface area contributed by atoms with E-state index in [2.05, 4.69) is 6.07 Å². The Morgan fingerprint density at radius 2 is 1.80 bits per heavy atom. The second-order valence-corrected chi connectivity index (χ2v) is 5.05. The van der Waals surface area contributed by atoms with Gasteiger partial charge in [0.05, 0.1) is 16.4 Å². The first-order chi connectivity index (χ1) is 9.67. The first-order valence-corrected chi connectivity index (χ1v) is 6.38. The van der Waals surface area contributed by atoms with Crippen molar-refractivity contribution in [3.05, 3.63) is 75.8 Å². The number of rotatable bonds is 3. The molecule has 1 saturated carbocycles. The standard InChI is InChI=1S/C16H12N2O2/c17-11-16(13-4-2-1-3-5-13)10-15(16)12-6-8-14(9-7-12)18(19)20/h1-9,15H,10H2/t15-,16+/m0/s1. The van der Waals surface area contributed by atoms with Gasteiger partial charge in [-0.2, -0.15) is 5.26 Å². The molecule has 0 saturated heterocycles. The lowest BCUT2D eigenvalue weighted by Gasteiger charge is -2.09. The molecule has 4 heteroatoms. The van der Waals surface area contributed by atoms with Crippen LogP contribution in [0.2, 0.25) is 0 Å². The average molecular weight is 264 g/mol. The van der Waals surface area contributed by atoms with Crippen LogP contribution in [-0.4, -0.2) is 4.92 Å². The van der Waals surface area contributed by atoms with E-state index in [1.165, 1.54) is 12.1 Å². The molecule has 0 radical (unpaired) electrons. The second-order valence-electron chi connectivity index (χ2n) is 5.05. The SMILES string of the molecule is N#C[C@@]1(c2ccccc2)C[C@H]1c1ccc([N+](=O)[O-])cc1. The van der Waals surface area contributed by atoms with Crippen LogP contribution >= 0.6 is 0 Å². The molecule has 0 N–H and O–H groups in total. The zero-order chi connectivity index (χ0) is 14.2. The van der Waals surface area contributed by atoms with Gasteiger partial charge in [-0.25, -0.2) is 0 Å². The van der Waals surface area contributed by atoms with Crippen LogP contribution in [0.15, 0.2) is 54.6 Å². The van der Waals surface area contributed by atoms with E-state index < -0.39 is 10.3 Å². The highest BCUT2D eigenvalue weighted by atomic mass is 16.6.